The zero-order valence-corrected chi connectivity index (χ0v) is 9.89. The van der Waals surface area contributed by atoms with Crippen molar-refractivity contribution in [3.05, 3.63) is 11.7 Å². The Balaban J connectivity index is 2.05. The molecule has 1 aromatic rings. The zero-order chi connectivity index (χ0) is 11.5. The number of likely N-dealkylation sites (N-methyl/N-ethyl adjacent to an activating group) is 1. The maximum atomic E-state index is 9.34. The first-order valence-electron chi connectivity index (χ1n) is 5.94. The fraction of sp³-hybridized carbons (Fsp3) is 0.818. The second-order valence-corrected chi connectivity index (χ2v) is 4.40. The Bertz CT molecular complexity index is 338. The molecule has 16 heavy (non-hydrogen) atoms. The van der Waals surface area contributed by atoms with E-state index in [1.807, 2.05) is 0 Å². The monoisotopic (exact) mass is 225 g/mol. The first-order chi connectivity index (χ1) is 7.70. The Morgan fingerprint density at radius 1 is 1.62 bits per heavy atom. The summed E-state index contributed by atoms with van der Waals surface area (Å²) < 4.78 is 5.21. The molecule has 5 heteroatoms. The fourth-order valence-electron chi connectivity index (χ4n) is 2.13. The highest BCUT2D eigenvalue weighted by molar-refractivity contribution is 4.98. The van der Waals surface area contributed by atoms with Crippen molar-refractivity contribution in [3.63, 3.8) is 0 Å². The Morgan fingerprint density at radius 2 is 2.44 bits per heavy atom. The van der Waals surface area contributed by atoms with Crippen LogP contribution in [0, 0.1) is 0 Å². The normalized spacial score (nSPS) is 24.6. The minimum absolute atomic E-state index is 0.327. The third-order valence-electron chi connectivity index (χ3n) is 3.13. The molecule has 2 unspecified atom stereocenters. The summed E-state index contributed by atoms with van der Waals surface area (Å²) >= 11 is 0. The van der Waals surface area contributed by atoms with Crippen molar-refractivity contribution >= 4 is 0 Å². The average Bonchev–Trinajstić information content (AvgIpc) is 2.78. The van der Waals surface area contributed by atoms with Gasteiger partial charge in [0, 0.05) is 6.54 Å². The minimum atomic E-state index is -0.650. The maximum absolute atomic E-state index is 9.34. The molecule has 1 saturated heterocycles. The van der Waals surface area contributed by atoms with Gasteiger partial charge in [0.05, 0.1) is 5.92 Å². The Hall–Kier alpha value is -0.940. The molecule has 0 aliphatic carbocycles. The van der Waals surface area contributed by atoms with Gasteiger partial charge in [0.1, 0.15) is 6.10 Å². The first-order valence-corrected chi connectivity index (χ1v) is 5.94. The lowest BCUT2D eigenvalue weighted by Gasteiger charge is -2.29. The summed E-state index contributed by atoms with van der Waals surface area (Å²) in [5.41, 5.74) is 0. The van der Waals surface area contributed by atoms with Gasteiger partial charge in [0.15, 0.2) is 5.82 Å². The molecule has 1 aliphatic heterocycles. The van der Waals surface area contributed by atoms with Gasteiger partial charge in [-0.1, -0.05) is 12.1 Å². The quantitative estimate of drug-likeness (QED) is 0.840. The number of aliphatic hydroxyl groups is 1. The lowest BCUT2D eigenvalue weighted by atomic mass is 9.98. The van der Waals surface area contributed by atoms with Crippen molar-refractivity contribution in [2.75, 3.05) is 19.6 Å². The predicted octanol–water partition coefficient (Wildman–Crippen LogP) is 1.32. The number of hydrogen-bond acceptors (Lipinski definition) is 5. The summed E-state index contributed by atoms with van der Waals surface area (Å²) in [6, 6.07) is 0. The van der Waals surface area contributed by atoms with E-state index in [9.17, 15) is 5.11 Å². The third-order valence-corrected chi connectivity index (χ3v) is 3.13. The van der Waals surface area contributed by atoms with E-state index in [1.165, 1.54) is 6.42 Å². The molecular weight excluding hydrogens is 206 g/mol. The van der Waals surface area contributed by atoms with Crippen LogP contribution in [0.4, 0.5) is 0 Å². The summed E-state index contributed by atoms with van der Waals surface area (Å²) in [6.07, 6.45) is 1.62. The van der Waals surface area contributed by atoms with Crippen molar-refractivity contribution in [1.82, 2.24) is 15.0 Å². The predicted molar refractivity (Wildman–Crippen MR) is 59.0 cm³/mol. The van der Waals surface area contributed by atoms with E-state index in [4.69, 9.17) is 4.52 Å². The zero-order valence-electron chi connectivity index (χ0n) is 9.89. The molecule has 1 fully saturated rings. The maximum Gasteiger partial charge on any atom is 0.231 e. The van der Waals surface area contributed by atoms with Gasteiger partial charge in [-0.15, -0.1) is 0 Å². The van der Waals surface area contributed by atoms with Crippen molar-refractivity contribution < 1.29 is 9.63 Å². The molecule has 5 nitrogen and oxygen atoms in total. The van der Waals surface area contributed by atoms with Gasteiger partial charge in [-0.25, -0.2) is 0 Å². The van der Waals surface area contributed by atoms with Crippen LogP contribution in [0.1, 0.15) is 50.4 Å². The van der Waals surface area contributed by atoms with Gasteiger partial charge in [0.25, 0.3) is 0 Å². The van der Waals surface area contributed by atoms with Gasteiger partial charge in [-0.2, -0.15) is 4.98 Å². The summed E-state index contributed by atoms with van der Waals surface area (Å²) in [6.45, 7) is 7.02. The van der Waals surface area contributed by atoms with E-state index in [1.54, 1.807) is 6.92 Å². The molecule has 1 aromatic heterocycles. The topological polar surface area (TPSA) is 62.4 Å². The standard InChI is InChI=1S/C11H19N3O2/c1-3-14-6-4-5-9(7-14)11-12-10(8(2)15)13-16-11/h8-9,15H,3-7H2,1-2H3. The second kappa shape index (κ2) is 4.93. The number of nitrogens with zero attached hydrogens (tertiary/aromatic N) is 3. The highest BCUT2D eigenvalue weighted by atomic mass is 16.5. The van der Waals surface area contributed by atoms with E-state index < -0.39 is 6.10 Å². The second-order valence-electron chi connectivity index (χ2n) is 4.40. The summed E-state index contributed by atoms with van der Waals surface area (Å²) in [4.78, 5) is 6.64. The SMILES string of the molecule is CCN1CCCC(c2nc(C(C)O)no2)C1. The minimum Gasteiger partial charge on any atom is -0.385 e. The largest absolute Gasteiger partial charge is 0.385 e. The molecule has 0 amide bonds. The number of rotatable bonds is 3. The Morgan fingerprint density at radius 3 is 3.06 bits per heavy atom. The highest BCUT2D eigenvalue weighted by Crippen LogP contribution is 2.26. The van der Waals surface area contributed by atoms with Gasteiger partial charge >= 0.3 is 0 Å². The highest BCUT2D eigenvalue weighted by Gasteiger charge is 2.25. The third kappa shape index (κ3) is 2.41. The lowest BCUT2D eigenvalue weighted by Crippen LogP contribution is -2.34. The van der Waals surface area contributed by atoms with E-state index in [0.29, 0.717) is 17.6 Å². The van der Waals surface area contributed by atoms with Crippen LogP contribution in [0.25, 0.3) is 0 Å². The average molecular weight is 225 g/mol. The first kappa shape index (κ1) is 11.5. The van der Waals surface area contributed by atoms with Crippen LogP contribution < -0.4 is 0 Å². The summed E-state index contributed by atoms with van der Waals surface area (Å²) in [5.74, 6) is 1.39. The fourth-order valence-corrected chi connectivity index (χ4v) is 2.13. The molecule has 2 heterocycles. The van der Waals surface area contributed by atoms with Crippen LogP contribution in [0.5, 0.6) is 0 Å². The molecule has 0 spiro atoms. The molecule has 2 rings (SSSR count). The van der Waals surface area contributed by atoms with E-state index in [-0.39, 0.29) is 0 Å². The molecular formula is C11H19N3O2. The van der Waals surface area contributed by atoms with Crippen LogP contribution in [0.2, 0.25) is 0 Å². The molecule has 0 aromatic carbocycles. The molecule has 0 bridgehead atoms. The molecule has 1 N–H and O–H groups in total. The number of aromatic nitrogens is 2. The van der Waals surface area contributed by atoms with Gasteiger partial charge in [0.2, 0.25) is 5.89 Å². The summed E-state index contributed by atoms with van der Waals surface area (Å²) in [5, 5.41) is 13.1. The Labute approximate surface area is 95.4 Å². The van der Waals surface area contributed by atoms with Crippen LogP contribution >= 0.6 is 0 Å². The number of likely N-dealkylation sites (tertiary alicyclic amines) is 1. The number of hydrogen-bond donors (Lipinski definition) is 1. The van der Waals surface area contributed by atoms with Crippen molar-refractivity contribution in [2.24, 2.45) is 0 Å². The van der Waals surface area contributed by atoms with Crippen molar-refractivity contribution in [2.45, 2.75) is 38.7 Å². The van der Waals surface area contributed by atoms with Crippen LogP contribution in [-0.4, -0.2) is 39.8 Å². The van der Waals surface area contributed by atoms with Crippen LogP contribution in [-0.2, 0) is 0 Å². The smallest absolute Gasteiger partial charge is 0.231 e. The van der Waals surface area contributed by atoms with Gasteiger partial charge in [-0.3, -0.25) is 0 Å². The molecule has 0 saturated carbocycles. The molecule has 1 aliphatic rings. The van der Waals surface area contributed by atoms with Gasteiger partial charge < -0.3 is 14.5 Å². The molecule has 0 radical (unpaired) electrons. The van der Waals surface area contributed by atoms with E-state index in [0.717, 1.165) is 26.1 Å². The van der Waals surface area contributed by atoms with Crippen LogP contribution in [0.15, 0.2) is 4.52 Å². The number of piperidine rings is 1. The lowest BCUT2D eigenvalue weighted by molar-refractivity contribution is 0.182. The van der Waals surface area contributed by atoms with Crippen LogP contribution in [0.3, 0.4) is 0 Å². The van der Waals surface area contributed by atoms with E-state index in [2.05, 4.69) is 22.0 Å². The molecule has 90 valence electrons. The van der Waals surface area contributed by atoms with E-state index >= 15 is 0 Å². The van der Waals surface area contributed by atoms with Crippen molar-refractivity contribution in [1.29, 1.82) is 0 Å². The van der Waals surface area contributed by atoms with Crippen molar-refractivity contribution in [3.8, 4) is 0 Å². The number of aliphatic hydroxyl groups excluding tert-OH is 1. The van der Waals surface area contributed by atoms with Gasteiger partial charge in [-0.05, 0) is 32.9 Å². The molecule has 2 atom stereocenters. The summed E-state index contributed by atoms with van der Waals surface area (Å²) in [7, 11) is 0. The Kier molecular flexibility index (Phi) is 3.56.